The van der Waals surface area contributed by atoms with E-state index in [9.17, 15) is 9.59 Å². The van der Waals surface area contributed by atoms with Gasteiger partial charge in [-0.15, -0.1) is 0 Å². The number of aromatic nitrogens is 2. The van der Waals surface area contributed by atoms with Gasteiger partial charge in [-0.3, -0.25) is 9.59 Å². The van der Waals surface area contributed by atoms with E-state index in [1.165, 1.54) is 28.1 Å². The Bertz CT molecular complexity index is 1100. The molecule has 0 radical (unpaired) electrons. The molecule has 30 heavy (non-hydrogen) atoms. The molecule has 3 rings (SSSR count). The van der Waals surface area contributed by atoms with Crippen molar-refractivity contribution < 1.29 is 4.79 Å². The Morgan fingerprint density at radius 2 is 1.67 bits per heavy atom. The van der Waals surface area contributed by atoms with Crippen molar-refractivity contribution in [3.63, 3.8) is 0 Å². The summed E-state index contributed by atoms with van der Waals surface area (Å²) in [7, 11) is 0. The number of nitrogens with one attached hydrogen (secondary N) is 1. The smallest absolute Gasteiger partial charge is 0.271 e. The minimum atomic E-state index is -0.368. The normalized spacial score (nSPS) is 12.1. The van der Waals surface area contributed by atoms with Gasteiger partial charge in [0.25, 0.3) is 5.56 Å². The monoisotopic (exact) mass is 421 g/mol. The maximum Gasteiger partial charge on any atom is 0.271 e. The van der Waals surface area contributed by atoms with Gasteiger partial charge in [-0.1, -0.05) is 43.8 Å². The number of benzene rings is 2. The molecule has 5 nitrogen and oxygen atoms in total. The van der Waals surface area contributed by atoms with Gasteiger partial charge in [-0.25, -0.2) is 0 Å². The minimum absolute atomic E-state index is 0.108. The van der Waals surface area contributed by atoms with E-state index < -0.39 is 0 Å². The van der Waals surface area contributed by atoms with Crippen molar-refractivity contribution in [2.24, 2.45) is 0 Å². The van der Waals surface area contributed by atoms with Crippen LogP contribution in [0.3, 0.4) is 0 Å². The molecule has 6 heteroatoms. The first kappa shape index (κ1) is 21.8. The van der Waals surface area contributed by atoms with Gasteiger partial charge in [0.1, 0.15) is 5.03 Å². The van der Waals surface area contributed by atoms with Gasteiger partial charge < -0.3 is 5.32 Å². The lowest BCUT2D eigenvalue weighted by molar-refractivity contribution is -0.115. The molecule has 0 aliphatic heterocycles. The molecule has 0 spiro atoms. The molecule has 1 atom stereocenters. The second-order valence-corrected chi connectivity index (χ2v) is 9.08. The number of hydrogen-bond acceptors (Lipinski definition) is 4. The van der Waals surface area contributed by atoms with Crippen molar-refractivity contribution in [2.75, 3.05) is 5.32 Å². The third-order valence-corrected chi connectivity index (χ3v) is 6.05. The number of carbonyl (C=O) groups excluding carboxylic acids is 1. The molecular weight excluding hydrogens is 394 g/mol. The number of anilines is 1. The third kappa shape index (κ3) is 5.19. The quantitative estimate of drug-likeness (QED) is 0.563. The average Bonchev–Trinajstić information content (AvgIpc) is 2.72. The van der Waals surface area contributed by atoms with E-state index in [0.29, 0.717) is 16.6 Å². The topological polar surface area (TPSA) is 64.0 Å². The van der Waals surface area contributed by atoms with Gasteiger partial charge in [0.2, 0.25) is 5.91 Å². The highest BCUT2D eigenvalue weighted by molar-refractivity contribution is 8.00. The first-order valence-corrected chi connectivity index (χ1v) is 10.9. The Morgan fingerprint density at radius 1 is 0.967 bits per heavy atom. The summed E-state index contributed by atoms with van der Waals surface area (Å²) in [5.41, 5.74) is 4.76. The molecule has 0 aliphatic carbocycles. The molecule has 0 bridgehead atoms. The second-order valence-electron chi connectivity index (χ2n) is 7.72. The van der Waals surface area contributed by atoms with E-state index in [1.807, 2.05) is 63.2 Å². The molecule has 0 saturated carbocycles. The predicted molar refractivity (Wildman–Crippen MR) is 124 cm³/mol. The number of aryl methyl sites for hydroxylation is 2. The van der Waals surface area contributed by atoms with E-state index in [2.05, 4.69) is 24.3 Å². The fourth-order valence-electron chi connectivity index (χ4n) is 2.93. The van der Waals surface area contributed by atoms with E-state index >= 15 is 0 Å². The molecule has 0 fully saturated rings. The van der Waals surface area contributed by atoms with Crippen LogP contribution in [0.25, 0.3) is 5.69 Å². The van der Waals surface area contributed by atoms with Gasteiger partial charge in [0.15, 0.2) is 0 Å². The minimum Gasteiger partial charge on any atom is -0.325 e. The van der Waals surface area contributed by atoms with Crippen LogP contribution in [0.5, 0.6) is 0 Å². The summed E-state index contributed by atoms with van der Waals surface area (Å²) in [5, 5.41) is 7.65. The number of nitrogens with zero attached hydrogens (tertiary/aromatic N) is 2. The molecule has 0 aliphatic rings. The average molecular weight is 422 g/mol. The molecule has 0 unspecified atom stereocenters. The van der Waals surface area contributed by atoms with Crippen LogP contribution in [0.4, 0.5) is 5.69 Å². The van der Waals surface area contributed by atoms with Crippen LogP contribution < -0.4 is 10.9 Å². The summed E-state index contributed by atoms with van der Waals surface area (Å²) in [6.07, 6.45) is 0. The first-order chi connectivity index (χ1) is 14.2. The lowest BCUT2D eigenvalue weighted by Gasteiger charge is -2.13. The number of thioether (sulfide) groups is 1. The Labute approximate surface area is 181 Å². The van der Waals surface area contributed by atoms with E-state index in [1.54, 1.807) is 6.07 Å². The van der Waals surface area contributed by atoms with Crippen molar-refractivity contribution in [1.29, 1.82) is 0 Å². The lowest BCUT2D eigenvalue weighted by Crippen LogP contribution is -2.24. The lowest BCUT2D eigenvalue weighted by atomic mass is 10.0. The molecule has 1 heterocycles. The summed E-state index contributed by atoms with van der Waals surface area (Å²) < 4.78 is 1.38. The van der Waals surface area contributed by atoms with E-state index in [-0.39, 0.29) is 16.7 Å². The van der Waals surface area contributed by atoms with Gasteiger partial charge in [0.05, 0.1) is 10.9 Å². The largest absolute Gasteiger partial charge is 0.325 e. The maximum absolute atomic E-state index is 12.6. The van der Waals surface area contributed by atoms with Crippen molar-refractivity contribution in [2.45, 2.75) is 50.8 Å². The highest BCUT2D eigenvalue weighted by atomic mass is 32.2. The molecule has 1 N–H and O–H groups in total. The van der Waals surface area contributed by atoms with E-state index in [4.69, 9.17) is 0 Å². The maximum atomic E-state index is 12.6. The van der Waals surface area contributed by atoms with Crippen LogP contribution in [-0.4, -0.2) is 20.9 Å². The first-order valence-electron chi connectivity index (χ1n) is 10.00. The zero-order chi connectivity index (χ0) is 21.8. The van der Waals surface area contributed by atoms with Crippen LogP contribution in [0, 0.1) is 13.8 Å². The van der Waals surface area contributed by atoms with Crippen molar-refractivity contribution in [1.82, 2.24) is 9.78 Å². The highest BCUT2D eigenvalue weighted by Gasteiger charge is 2.16. The van der Waals surface area contributed by atoms with Crippen LogP contribution in [0.1, 0.15) is 43.4 Å². The van der Waals surface area contributed by atoms with Crippen LogP contribution in [-0.2, 0) is 4.79 Å². The molecule has 3 aromatic rings. The van der Waals surface area contributed by atoms with Gasteiger partial charge in [0, 0.05) is 11.8 Å². The predicted octanol–water partition coefficient (Wildman–Crippen LogP) is 5.09. The number of hydrogen-bond donors (Lipinski definition) is 1. The number of amides is 1. The Balaban J connectivity index is 1.73. The fraction of sp³-hybridized carbons (Fsp3) is 0.292. The van der Waals surface area contributed by atoms with Gasteiger partial charge in [-0.2, -0.15) is 9.78 Å². The summed E-state index contributed by atoms with van der Waals surface area (Å²) in [4.78, 5) is 24.9. The molecule has 1 amide bonds. The highest BCUT2D eigenvalue weighted by Crippen LogP contribution is 2.23. The Kier molecular flexibility index (Phi) is 6.77. The van der Waals surface area contributed by atoms with Crippen LogP contribution in [0.2, 0.25) is 0 Å². The zero-order valence-corrected chi connectivity index (χ0v) is 18.8. The SMILES string of the molecule is Cc1ccc(-n2nc(S[C@H](C)C(=O)Nc3ccc(C(C)C)cc3)ccc2=O)cc1C. The summed E-state index contributed by atoms with van der Waals surface area (Å²) >= 11 is 1.32. The van der Waals surface area contributed by atoms with Crippen LogP contribution >= 0.6 is 11.8 Å². The number of rotatable bonds is 6. The molecule has 1 aromatic heterocycles. The molecule has 0 saturated heterocycles. The van der Waals surface area contributed by atoms with Crippen molar-refractivity contribution >= 4 is 23.4 Å². The Morgan fingerprint density at radius 3 is 2.30 bits per heavy atom. The van der Waals surface area contributed by atoms with E-state index in [0.717, 1.165) is 16.8 Å². The summed E-state index contributed by atoms with van der Waals surface area (Å²) in [5.74, 6) is 0.339. The van der Waals surface area contributed by atoms with Crippen LogP contribution in [0.15, 0.2) is 64.4 Å². The second kappa shape index (κ2) is 9.30. The van der Waals surface area contributed by atoms with Crippen molar-refractivity contribution in [3.8, 4) is 5.69 Å². The van der Waals surface area contributed by atoms with Gasteiger partial charge in [-0.05, 0) is 73.7 Å². The Hall–Kier alpha value is -2.86. The fourth-order valence-corrected chi connectivity index (χ4v) is 3.73. The summed E-state index contributed by atoms with van der Waals surface area (Å²) in [6.45, 7) is 10.1. The molecule has 156 valence electrons. The number of carbonyl (C=O) groups is 1. The standard InChI is InChI=1S/C24H27N3O2S/c1-15(2)19-7-9-20(10-8-19)25-24(29)18(5)30-22-12-13-23(28)27(26-22)21-11-6-16(3)17(4)14-21/h6-15,18H,1-5H3,(H,25,29)/t18-/m1/s1. The third-order valence-electron chi connectivity index (χ3n) is 5.02. The van der Waals surface area contributed by atoms with Crippen molar-refractivity contribution in [3.05, 3.63) is 81.6 Å². The summed E-state index contributed by atoms with van der Waals surface area (Å²) in [6, 6.07) is 16.8. The zero-order valence-electron chi connectivity index (χ0n) is 18.0. The molecule has 2 aromatic carbocycles. The van der Waals surface area contributed by atoms with Gasteiger partial charge >= 0.3 is 0 Å². The molecular formula is C24H27N3O2S.